The highest BCUT2D eigenvalue weighted by molar-refractivity contribution is 7.89. The van der Waals surface area contributed by atoms with Crippen LogP contribution in [0.2, 0.25) is 0 Å². The van der Waals surface area contributed by atoms with E-state index in [1.165, 1.54) is 4.31 Å². The molecular formula is C15H20N2O3S. The van der Waals surface area contributed by atoms with Crippen molar-refractivity contribution in [3.05, 3.63) is 29.8 Å². The van der Waals surface area contributed by atoms with Gasteiger partial charge in [-0.1, -0.05) is 19.1 Å². The van der Waals surface area contributed by atoms with Crippen molar-refractivity contribution in [1.82, 2.24) is 9.62 Å². The lowest BCUT2D eigenvalue weighted by Gasteiger charge is -2.21. The van der Waals surface area contributed by atoms with Gasteiger partial charge in [-0.25, -0.2) is 8.42 Å². The Morgan fingerprint density at radius 3 is 2.57 bits per heavy atom. The molecule has 1 atom stereocenters. The summed E-state index contributed by atoms with van der Waals surface area (Å²) >= 11 is 0. The van der Waals surface area contributed by atoms with E-state index in [1.807, 2.05) is 19.1 Å². The smallest absolute Gasteiger partial charge is 0.243 e. The summed E-state index contributed by atoms with van der Waals surface area (Å²) in [6.45, 7) is 3.56. The van der Waals surface area contributed by atoms with Crippen molar-refractivity contribution in [1.29, 1.82) is 0 Å². The molecule has 1 aromatic carbocycles. The van der Waals surface area contributed by atoms with E-state index >= 15 is 0 Å². The number of sulfonamides is 1. The van der Waals surface area contributed by atoms with Crippen molar-refractivity contribution < 1.29 is 13.2 Å². The SMILES string of the molecule is CCc1ccc(S(=O)(=O)N2CCC3(CNC(=O)C3)C2)cc1. The lowest BCUT2D eigenvalue weighted by atomic mass is 9.86. The zero-order valence-electron chi connectivity index (χ0n) is 12.1. The molecule has 114 valence electrons. The fraction of sp³-hybridized carbons (Fsp3) is 0.533. The van der Waals surface area contributed by atoms with E-state index in [2.05, 4.69) is 5.32 Å². The van der Waals surface area contributed by atoms with E-state index in [-0.39, 0.29) is 11.3 Å². The fourth-order valence-corrected chi connectivity index (χ4v) is 4.74. The highest BCUT2D eigenvalue weighted by Gasteiger charge is 2.47. The molecule has 6 heteroatoms. The van der Waals surface area contributed by atoms with Crippen molar-refractivity contribution >= 4 is 15.9 Å². The van der Waals surface area contributed by atoms with Crippen LogP contribution in [-0.2, 0) is 21.2 Å². The third-order valence-corrected chi connectivity index (χ3v) is 6.43. The number of amides is 1. The molecule has 2 heterocycles. The summed E-state index contributed by atoms with van der Waals surface area (Å²) in [4.78, 5) is 11.8. The maximum absolute atomic E-state index is 12.7. The van der Waals surface area contributed by atoms with Crippen molar-refractivity contribution in [2.24, 2.45) is 5.41 Å². The third kappa shape index (κ3) is 2.58. The Hall–Kier alpha value is -1.40. The zero-order valence-corrected chi connectivity index (χ0v) is 12.9. The molecule has 0 aromatic heterocycles. The van der Waals surface area contributed by atoms with Crippen LogP contribution in [0.15, 0.2) is 29.2 Å². The largest absolute Gasteiger partial charge is 0.355 e. The van der Waals surface area contributed by atoms with Gasteiger partial charge in [-0.15, -0.1) is 0 Å². The minimum atomic E-state index is -3.45. The van der Waals surface area contributed by atoms with E-state index in [4.69, 9.17) is 0 Å². The van der Waals surface area contributed by atoms with Crippen molar-refractivity contribution in [3.63, 3.8) is 0 Å². The molecule has 3 rings (SSSR count). The summed E-state index contributed by atoms with van der Waals surface area (Å²) in [6.07, 6.45) is 2.08. The van der Waals surface area contributed by atoms with Gasteiger partial charge in [-0.3, -0.25) is 4.79 Å². The molecular weight excluding hydrogens is 288 g/mol. The number of rotatable bonds is 3. The number of hydrogen-bond acceptors (Lipinski definition) is 3. The minimum Gasteiger partial charge on any atom is -0.355 e. The molecule has 2 aliphatic rings. The predicted octanol–water partition coefficient (Wildman–Crippen LogP) is 1.15. The molecule has 2 saturated heterocycles. The summed E-state index contributed by atoms with van der Waals surface area (Å²) in [6, 6.07) is 7.08. The average molecular weight is 308 g/mol. The van der Waals surface area contributed by atoms with Gasteiger partial charge in [-0.2, -0.15) is 4.31 Å². The lowest BCUT2D eigenvalue weighted by Crippen LogP contribution is -2.33. The first-order chi connectivity index (χ1) is 9.95. The van der Waals surface area contributed by atoms with Crippen molar-refractivity contribution in [2.45, 2.75) is 31.1 Å². The maximum Gasteiger partial charge on any atom is 0.243 e. The van der Waals surface area contributed by atoms with Gasteiger partial charge in [0.05, 0.1) is 4.90 Å². The molecule has 1 spiro atoms. The van der Waals surface area contributed by atoms with Crippen LogP contribution in [-0.4, -0.2) is 38.3 Å². The second-order valence-corrected chi connectivity index (χ2v) is 7.98. The zero-order chi connectivity index (χ0) is 15.1. The second-order valence-electron chi connectivity index (χ2n) is 6.04. The van der Waals surface area contributed by atoms with E-state index in [1.54, 1.807) is 12.1 Å². The average Bonchev–Trinajstić information content (AvgIpc) is 3.06. The van der Waals surface area contributed by atoms with Gasteiger partial charge in [0.25, 0.3) is 0 Å². The number of benzene rings is 1. The van der Waals surface area contributed by atoms with Crippen molar-refractivity contribution in [3.8, 4) is 0 Å². The van der Waals surface area contributed by atoms with Gasteiger partial charge >= 0.3 is 0 Å². The van der Waals surface area contributed by atoms with E-state index < -0.39 is 10.0 Å². The van der Waals surface area contributed by atoms with Gasteiger partial charge < -0.3 is 5.32 Å². The predicted molar refractivity (Wildman–Crippen MR) is 79.3 cm³/mol. The van der Waals surface area contributed by atoms with E-state index in [9.17, 15) is 13.2 Å². The quantitative estimate of drug-likeness (QED) is 0.911. The Balaban J connectivity index is 1.81. The van der Waals surface area contributed by atoms with E-state index in [0.29, 0.717) is 31.0 Å². The van der Waals surface area contributed by atoms with Gasteiger partial charge in [0.2, 0.25) is 15.9 Å². The summed E-state index contributed by atoms with van der Waals surface area (Å²) in [5.41, 5.74) is 0.922. The summed E-state index contributed by atoms with van der Waals surface area (Å²) in [7, 11) is -3.45. The summed E-state index contributed by atoms with van der Waals surface area (Å²) in [5.74, 6) is 0.0292. The Bertz CT molecular complexity index is 654. The third-order valence-electron chi connectivity index (χ3n) is 4.57. The monoisotopic (exact) mass is 308 g/mol. The molecule has 0 aliphatic carbocycles. The van der Waals surface area contributed by atoms with Crippen LogP contribution < -0.4 is 5.32 Å². The van der Waals surface area contributed by atoms with Gasteiger partial charge in [-0.05, 0) is 30.5 Å². The number of carbonyl (C=O) groups is 1. The first kappa shape index (κ1) is 14.5. The standard InChI is InChI=1S/C15H20N2O3S/c1-2-12-3-5-13(6-4-12)21(19,20)17-8-7-15(11-17)9-14(18)16-10-15/h3-6H,2,7-11H2,1H3,(H,16,18). The Morgan fingerprint density at radius 2 is 2.00 bits per heavy atom. The molecule has 0 saturated carbocycles. The first-order valence-electron chi connectivity index (χ1n) is 7.31. The van der Waals surface area contributed by atoms with Crippen LogP contribution in [0.4, 0.5) is 0 Å². The molecule has 2 fully saturated rings. The Labute approximate surface area is 125 Å². The fourth-order valence-electron chi connectivity index (χ4n) is 3.19. The topological polar surface area (TPSA) is 66.5 Å². The van der Waals surface area contributed by atoms with Gasteiger partial charge in [0, 0.05) is 31.5 Å². The highest BCUT2D eigenvalue weighted by atomic mass is 32.2. The minimum absolute atomic E-state index is 0.0292. The normalized spacial score (nSPS) is 26.4. The Kier molecular flexibility index (Phi) is 3.53. The van der Waals surface area contributed by atoms with Gasteiger partial charge in [0.15, 0.2) is 0 Å². The lowest BCUT2D eigenvalue weighted by molar-refractivity contribution is -0.119. The number of carbonyl (C=O) groups excluding carboxylic acids is 1. The Morgan fingerprint density at radius 1 is 1.29 bits per heavy atom. The first-order valence-corrected chi connectivity index (χ1v) is 8.75. The highest BCUT2D eigenvalue weighted by Crippen LogP contribution is 2.38. The molecule has 1 N–H and O–H groups in total. The number of aryl methyl sites for hydroxylation is 1. The molecule has 0 bridgehead atoms. The van der Waals surface area contributed by atoms with Crippen LogP contribution in [0.1, 0.15) is 25.3 Å². The van der Waals surface area contributed by atoms with E-state index in [0.717, 1.165) is 18.4 Å². The number of nitrogens with one attached hydrogen (secondary N) is 1. The molecule has 1 amide bonds. The molecule has 0 radical (unpaired) electrons. The molecule has 2 aliphatic heterocycles. The van der Waals surface area contributed by atoms with Crippen LogP contribution in [0.5, 0.6) is 0 Å². The van der Waals surface area contributed by atoms with Crippen LogP contribution in [0.25, 0.3) is 0 Å². The molecule has 1 unspecified atom stereocenters. The second kappa shape index (κ2) is 5.10. The summed E-state index contributed by atoms with van der Waals surface area (Å²) < 4.78 is 26.9. The van der Waals surface area contributed by atoms with Crippen LogP contribution in [0.3, 0.4) is 0 Å². The number of hydrogen-bond donors (Lipinski definition) is 1. The maximum atomic E-state index is 12.7. The van der Waals surface area contributed by atoms with Crippen molar-refractivity contribution in [2.75, 3.05) is 19.6 Å². The van der Waals surface area contributed by atoms with Crippen LogP contribution >= 0.6 is 0 Å². The molecule has 1 aromatic rings. The number of nitrogens with zero attached hydrogens (tertiary/aromatic N) is 1. The summed E-state index contributed by atoms with van der Waals surface area (Å²) in [5, 5.41) is 2.82. The molecule has 21 heavy (non-hydrogen) atoms. The van der Waals surface area contributed by atoms with Crippen LogP contribution in [0, 0.1) is 5.41 Å². The molecule has 5 nitrogen and oxygen atoms in total. The van der Waals surface area contributed by atoms with Gasteiger partial charge in [0.1, 0.15) is 0 Å².